The van der Waals surface area contributed by atoms with Crippen LogP contribution < -0.4 is 10.6 Å². The highest BCUT2D eigenvalue weighted by Crippen LogP contribution is 2.26. The fraction of sp³-hybridized carbons (Fsp3) is 0.150. The van der Waals surface area contributed by atoms with Crippen LogP contribution in [-0.2, 0) is 16.0 Å². The number of thiazole rings is 1. The summed E-state index contributed by atoms with van der Waals surface area (Å²) in [7, 11) is 0. The average molecular weight is 466 g/mol. The molecule has 0 fully saturated rings. The molecule has 1 heterocycles. The Kier molecular flexibility index (Phi) is 7.55. The predicted octanol–water partition coefficient (Wildman–Crippen LogP) is 5.67. The van der Waals surface area contributed by atoms with Crippen molar-refractivity contribution < 1.29 is 9.59 Å². The molecule has 3 aromatic rings. The Hall–Kier alpha value is -2.06. The Morgan fingerprint density at radius 2 is 1.69 bits per heavy atom. The predicted molar refractivity (Wildman–Crippen MR) is 121 cm³/mol. The molecule has 0 unspecified atom stereocenters. The fourth-order valence-electron chi connectivity index (χ4n) is 2.34. The van der Waals surface area contributed by atoms with Gasteiger partial charge in [-0.2, -0.15) is 0 Å². The van der Waals surface area contributed by atoms with Gasteiger partial charge in [0.15, 0.2) is 4.34 Å². The molecule has 3 rings (SSSR count). The van der Waals surface area contributed by atoms with Crippen LogP contribution >= 0.6 is 46.3 Å². The van der Waals surface area contributed by atoms with Crippen LogP contribution in [0.1, 0.15) is 11.3 Å². The van der Waals surface area contributed by atoms with Crippen molar-refractivity contribution in [2.24, 2.45) is 0 Å². The molecule has 0 aliphatic heterocycles. The van der Waals surface area contributed by atoms with Crippen molar-refractivity contribution in [3.05, 3.63) is 69.1 Å². The van der Waals surface area contributed by atoms with Crippen molar-refractivity contribution in [3.63, 3.8) is 0 Å². The van der Waals surface area contributed by atoms with E-state index in [-0.39, 0.29) is 24.0 Å². The number of benzene rings is 2. The van der Waals surface area contributed by atoms with Crippen LogP contribution in [0.3, 0.4) is 0 Å². The molecular formula is C20H17Cl2N3O2S2. The number of hydrogen-bond acceptors (Lipinski definition) is 5. The van der Waals surface area contributed by atoms with E-state index in [0.29, 0.717) is 21.4 Å². The van der Waals surface area contributed by atoms with Crippen LogP contribution in [-0.4, -0.2) is 22.6 Å². The zero-order valence-electron chi connectivity index (χ0n) is 15.4. The van der Waals surface area contributed by atoms with Crippen LogP contribution in [0, 0.1) is 6.92 Å². The van der Waals surface area contributed by atoms with E-state index in [0.717, 1.165) is 15.6 Å². The molecule has 5 nitrogen and oxygen atoms in total. The molecule has 2 N–H and O–H groups in total. The number of hydrogen-bond donors (Lipinski definition) is 2. The van der Waals surface area contributed by atoms with Gasteiger partial charge < -0.3 is 10.6 Å². The lowest BCUT2D eigenvalue weighted by Gasteiger charge is -2.05. The fourth-order valence-corrected chi connectivity index (χ4v) is 4.28. The topological polar surface area (TPSA) is 71.1 Å². The summed E-state index contributed by atoms with van der Waals surface area (Å²) in [6, 6.07) is 12.5. The normalized spacial score (nSPS) is 10.6. The Labute approximate surface area is 186 Å². The summed E-state index contributed by atoms with van der Waals surface area (Å²) in [4.78, 5) is 28.7. The summed E-state index contributed by atoms with van der Waals surface area (Å²) in [5.41, 5.74) is 3.12. The number of nitrogens with zero attached hydrogens (tertiary/aromatic N) is 1. The van der Waals surface area contributed by atoms with E-state index in [1.807, 2.05) is 36.6 Å². The van der Waals surface area contributed by atoms with Gasteiger partial charge in [-0.15, -0.1) is 11.3 Å². The highest BCUT2D eigenvalue weighted by molar-refractivity contribution is 8.01. The standard InChI is InChI=1S/C20H17Cl2N3O2S2/c1-12-2-4-13(5-3-12)23-19(27)11-29-20-25-15(10-28-20)9-18(26)24-14-6-7-16(21)17(22)8-14/h2-8,10H,9,11H2,1H3,(H,23,27)(H,24,26). The van der Waals surface area contributed by atoms with E-state index in [9.17, 15) is 9.59 Å². The molecule has 0 atom stereocenters. The largest absolute Gasteiger partial charge is 0.326 e. The van der Waals surface area contributed by atoms with Gasteiger partial charge in [-0.3, -0.25) is 9.59 Å². The summed E-state index contributed by atoms with van der Waals surface area (Å²) in [6.45, 7) is 1.99. The summed E-state index contributed by atoms with van der Waals surface area (Å²) in [5, 5.41) is 8.23. The molecule has 2 aromatic carbocycles. The third-order valence-electron chi connectivity index (χ3n) is 3.74. The lowest BCUT2D eigenvalue weighted by Crippen LogP contribution is -2.14. The summed E-state index contributed by atoms with van der Waals surface area (Å²) in [6.07, 6.45) is 0.132. The van der Waals surface area contributed by atoms with Gasteiger partial charge in [-0.1, -0.05) is 52.7 Å². The molecule has 0 spiro atoms. The Morgan fingerprint density at radius 1 is 1.00 bits per heavy atom. The second-order valence-electron chi connectivity index (χ2n) is 6.16. The van der Waals surface area contributed by atoms with Crippen LogP contribution in [0.5, 0.6) is 0 Å². The Bertz CT molecular complexity index is 1020. The van der Waals surface area contributed by atoms with Crippen molar-refractivity contribution in [1.82, 2.24) is 4.98 Å². The molecule has 0 bridgehead atoms. The first-order chi connectivity index (χ1) is 13.9. The van der Waals surface area contributed by atoms with E-state index in [1.54, 1.807) is 18.2 Å². The molecule has 29 heavy (non-hydrogen) atoms. The number of anilines is 2. The van der Waals surface area contributed by atoms with E-state index < -0.39 is 0 Å². The van der Waals surface area contributed by atoms with Crippen LogP contribution in [0.2, 0.25) is 10.0 Å². The number of halogens is 2. The van der Waals surface area contributed by atoms with E-state index in [2.05, 4.69) is 15.6 Å². The molecule has 150 valence electrons. The van der Waals surface area contributed by atoms with E-state index >= 15 is 0 Å². The summed E-state index contributed by atoms with van der Waals surface area (Å²) in [5.74, 6) is -0.0636. The first-order valence-corrected chi connectivity index (χ1v) is 11.2. The van der Waals surface area contributed by atoms with Crippen molar-refractivity contribution in [3.8, 4) is 0 Å². The van der Waals surface area contributed by atoms with Gasteiger partial charge >= 0.3 is 0 Å². The average Bonchev–Trinajstić information content (AvgIpc) is 3.12. The van der Waals surface area contributed by atoms with Crippen molar-refractivity contribution in [2.75, 3.05) is 16.4 Å². The van der Waals surface area contributed by atoms with Crippen LogP contribution in [0.15, 0.2) is 52.2 Å². The van der Waals surface area contributed by atoms with Gasteiger partial charge in [0, 0.05) is 16.8 Å². The molecule has 0 aliphatic rings. The van der Waals surface area contributed by atoms with Gasteiger partial charge in [0.05, 0.1) is 27.9 Å². The second kappa shape index (κ2) is 10.1. The number of aryl methyl sites for hydroxylation is 1. The number of thioether (sulfide) groups is 1. The van der Waals surface area contributed by atoms with Gasteiger partial charge in [0.25, 0.3) is 0 Å². The zero-order valence-corrected chi connectivity index (χ0v) is 18.5. The van der Waals surface area contributed by atoms with E-state index in [4.69, 9.17) is 23.2 Å². The number of carbonyl (C=O) groups is 2. The lowest BCUT2D eigenvalue weighted by molar-refractivity contribution is -0.116. The minimum Gasteiger partial charge on any atom is -0.326 e. The van der Waals surface area contributed by atoms with Gasteiger partial charge in [-0.25, -0.2) is 4.98 Å². The molecule has 2 amide bonds. The number of rotatable bonds is 7. The SMILES string of the molecule is Cc1ccc(NC(=O)CSc2nc(CC(=O)Nc3ccc(Cl)c(Cl)c3)cs2)cc1. The monoisotopic (exact) mass is 465 g/mol. The maximum Gasteiger partial charge on any atom is 0.234 e. The molecule has 0 saturated carbocycles. The molecule has 0 saturated heterocycles. The van der Waals surface area contributed by atoms with Gasteiger partial charge in [-0.05, 0) is 37.3 Å². The maximum absolute atomic E-state index is 12.2. The van der Waals surface area contributed by atoms with Crippen molar-refractivity contribution in [2.45, 2.75) is 17.7 Å². The third-order valence-corrected chi connectivity index (χ3v) is 6.55. The zero-order chi connectivity index (χ0) is 20.8. The minimum atomic E-state index is -0.206. The lowest BCUT2D eigenvalue weighted by atomic mass is 10.2. The highest BCUT2D eigenvalue weighted by atomic mass is 35.5. The Morgan fingerprint density at radius 3 is 2.41 bits per heavy atom. The first-order valence-electron chi connectivity index (χ1n) is 8.57. The number of carbonyl (C=O) groups excluding carboxylic acids is 2. The smallest absolute Gasteiger partial charge is 0.234 e. The summed E-state index contributed by atoms with van der Waals surface area (Å²) < 4.78 is 0.737. The molecular weight excluding hydrogens is 449 g/mol. The van der Waals surface area contributed by atoms with Crippen LogP contribution in [0.25, 0.3) is 0 Å². The minimum absolute atomic E-state index is 0.104. The maximum atomic E-state index is 12.2. The third kappa shape index (κ3) is 6.75. The molecule has 0 aliphatic carbocycles. The van der Waals surface area contributed by atoms with Crippen molar-refractivity contribution in [1.29, 1.82) is 0 Å². The van der Waals surface area contributed by atoms with Crippen LogP contribution in [0.4, 0.5) is 11.4 Å². The molecule has 9 heteroatoms. The quantitative estimate of drug-likeness (QED) is 0.440. The second-order valence-corrected chi connectivity index (χ2v) is 9.06. The highest BCUT2D eigenvalue weighted by Gasteiger charge is 2.11. The van der Waals surface area contributed by atoms with Crippen molar-refractivity contribution >= 4 is 69.5 Å². The number of amides is 2. The Balaban J connectivity index is 1.47. The molecule has 0 radical (unpaired) electrons. The summed E-state index contributed by atoms with van der Waals surface area (Å²) >= 11 is 14.6. The van der Waals surface area contributed by atoms with E-state index in [1.165, 1.54) is 23.1 Å². The number of nitrogens with one attached hydrogen (secondary N) is 2. The van der Waals surface area contributed by atoms with Gasteiger partial charge in [0.2, 0.25) is 11.8 Å². The van der Waals surface area contributed by atoms with Gasteiger partial charge in [0.1, 0.15) is 0 Å². The number of aromatic nitrogens is 1. The first kappa shape index (κ1) is 21.6. The molecule has 1 aromatic heterocycles.